The number of benzene rings is 1. The first kappa shape index (κ1) is 17.5. The fourth-order valence-corrected chi connectivity index (χ4v) is 1.79. The minimum absolute atomic E-state index is 0.177. The van der Waals surface area contributed by atoms with Crippen LogP contribution in [0.5, 0.6) is 0 Å². The van der Waals surface area contributed by atoms with Gasteiger partial charge in [-0.2, -0.15) is 0 Å². The molecule has 0 fully saturated rings. The van der Waals surface area contributed by atoms with Gasteiger partial charge in [0.25, 0.3) is 5.91 Å². The van der Waals surface area contributed by atoms with Crippen molar-refractivity contribution in [2.75, 3.05) is 26.3 Å². The molecule has 1 amide bonds. The second kappa shape index (κ2) is 9.41. The van der Waals surface area contributed by atoms with Crippen LogP contribution in [0, 0.1) is 17.8 Å². The first-order valence-electron chi connectivity index (χ1n) is 6.89. The van der Waals surface area contributed by atoms with Crippen LogP contribution in [0.25, 0.3) is 0 Å². The number of amides is 1. The van der Waals surface area contributed by atoms with Gasteiger partial charge < -0.3 is 15.8 Å². The average molecular weight is 309 g/mol. The van der Waals surface area contributed by atoms with Gasteiger partial charge in [-0.15, -0.1) is 0 Å². The Labute approximate surface area is 131 Å². The van der Waals surface area contributed by atoms with Gasteiger partial charge in [-0.25, -0.2) is 0 Å². The van der Waals surface area contributed by atoms with E-state index in [0.29, 0.717) is 41.8 Å². The van der Waals surface area contributed by atoms with Crippen molar-refractivity contribution in [3.8, 4) is 11.8 Å². The van der Waals surface area contributed by atoms with E-state index in [2.05, 4.69) is 31.0 Å². The molecule has 0 radical (unpaired) electrons. The molecule has 114 valence electrons. The second-order valence-corrected chi connectivity index (χ2v) is 5.33. The highest BCUT2D eigenvalue weighted by molar-refractivity contribution is 6.32. The zero-order valence-corrected chi connectivity index (χ0v) is 13.2. The van der Waals surface area contributed by atoms with Crippen LogP contribution >= 0.6 is 11.6 Å². The summed E-state index contributed by atoms with van der Waals surface area (Å²) < 4.78 is 5.40. The number of rotatable bonds is 6. The van der Waals surface area contributed by atoms with Crippen molar-refractivity contribution in [1.82, 2.24) is 5.32 Å². The Hall–Kier alpha value is -1.54. The predicted molar refractivity (Wildman–Crippen MR) is 85.4 cm³/mol. The Kier molecular flexibility index (Phi) is 7.84. The lowest BCUT2D eigenvalue weighted by molar-refractivity contribution is 0.0886. The van der Waals surface area contributed by atoms with E-state index in [1.807, 2.05) is 0 Å². The normalized spacial score (nSPS) is 10.1. The van der Waals surface area contributed by atoms with E-state index in [-0.39, 0.29) is 12.5 Å². The van der Waals surface area contributed by atoms with Gasteiger partial charge in [0, 0.05) is 24.3 Å². The molecule has 0 aliphatic rings. The third kappa shape index (κ3) is 6.63. The maximum Gasteiger partial charge on any atom is 0.251 e. The van der Waals surface area contributed by atoms with Crippen molar-refractivity contribution in [1.29, 1.82) is 0 Å². The summed E-state index contributed by atoms with van der Waals surface area (Å²) in [5.74, 6) is 5.89. The summed E-state index contributed by atoms with van der Waals surface area (Å²) in [6.45, 7) is 6.09. The quantitative estimate of drug-likeness (QED) is 0.624. The van der Waals surface area contributed by atoms with Crippen LogP contribution in [0.15, 0.2) is 18.2 Å². The minimum Gasteiger partial charge on any atom is -0.379 e. The molecule has 0 saturated carbocycles. The van der Waals surface area contributed by atoms with Gasteiger partial charge in [-0.3, -0.25) is 4.79 Å². The lowest BCUT2D eigenvalue weighted by atomic mass is 10.1. The molecule has 3 N–H and O–H groups in total. The summed E-state index contributed by atoms with van der Waals surface area (Å²) in [6, 6.07) is 5.01. The Balaban J connectivity index is 2.49. The molecule has 0 aromatic heterocycles. The van der Waals surface area contributed by atoms with Crippen LogP contribution in [0.4, 0.5) is 0 Å². The van der Waals surface area contributed by atoms with E-state index in [0.717, 1.165) is 0 Å². The fraction of sp³-hybridized carbons (Fsp3) is 0.438. The third-order valence-corrected chi connectivity index (χ3v) is 2.85. The van der Waals surface area contributed by atoms with Crippen LogP contribution in [0.1, 0.15) is 29.8 Å². The Bertz CT molecular complexity index is 533. The molecule has 5 heteroatoms. The largest absolute Gasteiger partial charge is 0.379 e. The SMILES string of the molecule is CC(C)COCCNC(=O)c1ccc(C#CCN)c(Cl)c1. The van der Waals surface area contributed by atoms with Gasteiger partial charge >= 0.3 is 0 Å². The first-order chi connectivity index (χ1) is 10.0. The lowest BCUT2D eigenvalue weighted by Gasteiger charge is -2.08. The molecule has 0 spiro atoms. The number of nitrogens with one attached hydrogen (secondary N) is 1. The summed E-state index contributed by atoms with van der Waals surface area (Å²) in [7, 11) is 0. The van der Waals surface area contributed by atoms with Crippen molar-refractivity contribution >= 4 is 17.5 Å². The van der Waals surface area contributed by atoms with E-state index in [9.17, 15) is 4.79 Å². The summed E-state index contributed by atoms with van der Waals surface area (Å²) >= 11 is 6.08. The van der Waals surface area contributed by atoms with Crippen molar-refractivity contribution in [3.63, 3.8) is 0 Å². The summed E-state index contributed by atoms with van der Waals surface area (Å²) in [6.07, 6.45) is 0. The van der Waals surface area contributed by atoms with Crippen molar-refractivity contribution in [3.05, 3.63) is 34.3 Å². The van der Waals surface area contributed by atoms with Crippen LogP contribution in [0.3, 0.4) is 0 Å². The molecule has 21 heavy (non-hydrogen) atoms. The molecule has 0 heterocycles. The molecule has 1 rings (SSSR count). The van der Waals surface area contributed by atoms with Gasteiger partial charge in [0.05, 0.1) is 18.2 Å². The molecule has 0 unspecified atom stereocenters. The molecule has 0 aliphatic heterocycles. The molecule has 0 atom stereocenters. The van der Waals surface area contributed by atoms with E-state index >= 15 is 0 Å². The lowest BCUT2D eigenvalue weighted by Crippen LogP contribution is -2.27. The molecule has 0 saturated heterocycles. The molecular formula is C16H21ClN2O2. The number of carbonyl (C=O) groups excluding carboxylic acids is 1. The Morgan fingerprint density at radius 1 is 1.48 bits per heavy atom. The molecule has 0 bridgehead atoms. The summed E-state index contributed by atoms with van der Waals surface area (Å²) in [5.41, 5.74) is 6.48. The smallest absolute Gasteiger partial charge is 0.251 e. The maximum absolute atomic E-state index is 11.9. The number of halogens is 1. The summed E-state index contributed by atoms with van der Waals surface area (Å²) in [5, 5.41) is 3.23. The number of hydrogen-bond donors (Lipinski definition) is 2. The first-order valence-corrected chi connectivity index (χ1v) is 7.26. The van der Waals surface area contributed by atoms with Crippen LogP contribution < -0.4 is 11.1 Å². The average Bonchev–Trinajstić information content (AvgIpc) is 2.45. The number of ether oxygens (including phenoxy) is 1. The van der Waals surface area contributed by atoms with Crippen LogP contribution in [-0.2, 0) is 4.74 Å². The Morgan fingerprint density at radius 3 is 2.86 bits per heavy atom. The highest BCUT2D eigenvalue weighted by atomic mass is 35.5. The van der Waals surface area contributed by atoms with Crippen LogP contribution in [-0.4, -0.2) is 32.2 Å². The molecule has 4 nitrogen and oxygen atoms in total. The standard InChI is InChI=1S/C16H21ClN2O2/c1-12(2)11-21-9-8-19-16(20)14-6-5-13(4-3-7-18)15(17)10-14/h5-6,10,12H,7-9,11,18H2,1-2H3,(H,19,20). The molecule has 0 aliphatic carbocycles. The molecule has 1 aromatic rings. The Morgan fingerprint density at radius 2 is 2.24 bits per heavy atom. The maximum atomic E-state index is 11.9. The van der Waals surface area contributed by atoms with Crippen molar-refractivity contribution in [2.24, 2.45) is 11.7 Å². The number of nitrogens with two attached hydrogens (primary N) is 1. The van der Waals surface area contributed by atoms with Gasteiger partial charge in [0.2, 0.25) is 0 Å². The zero-order chi connectivity index (χ0) is 15.7. The summed E-state index contributed by atoms with van der Waals surface area (Å²) in [4.78, 5) is 11.9. The minimum atomic E-state index is -0.177. The van der Waals surface area contributed by atoms with E-state index in [1.54, 1.807) is 18.2 Å². The monoisotopic (exact) mass is 308 g/mol. The predicted octanol–water partition coefficient (Wildman–Crippen LogP) is 2.05. The molecule has 1 aromatic carbocycles. The van der Waals surface area contributed by atoms with E-state index in [4.69, 9.17) is 22.1 Å². The van der Waals surface area contributed by atoms with Crippen molar-refractivity contribution in [2.45, 2.75) is 13.8 Å². The highest BCUT2D eigenvalue weighted by Gasteiger charge is 2.07. The second-order valence-electron chi connectivity index (χ2n) is 4.93. The van der Waals surface area contributed by atoms with E-state index in [1.165, 1.54) is 0 Å². The zero-order valence-electron chi connectivity index (χ0n) is 12.4. The molecular weight excluding hydrogens is 288 g/mol. The van der Waals surface area contributed by atoms with Gasteiger partial charge in [0.15, 0.2) is 0 Å². The topological polar surface area (TPSA) is 64.3 Å². The number of carbonyl (C=O) groups is 1. The van der Waals surface area contributed by atoms with Crippen LogP contribution in [0.2, 0.25) is 5.02 Å². The van der Waals surface area contributed by atoms with E-state index < -0.39 is 0 Å². The highest BCUT2D eigenvalue weighted by Crippen LogP contribution is 2.16. The van der Waals surface area contributed by atoms with Gasteiger partial charge in [-0.1, -0.05) is 37.3 Å². The van der Waals surface area contributed by atoms with Crippen molar-refractivity contribution < 1.29 is 9.53 Å². The third-order valence-electron chi connectivity index (χ3n) is 2.54. The fourth-order valence-electron chi connectivity index (χ4n) is 1.56. The van der Waals surface area contributed by atoms with Gasteiger partial charge in [0.1, 0.15) is 0 Å². The van der Waals surface area contributed by atoms with Gasteiger partial charge in [-0.05, 0) is 24.1 Å². The number of hydrogen-bond acceptors (Lipinski definition) is 3.